The third kappa shape index (κ3) is 4.05. The highest BCUT2D eigenvalue weighted by Crippen LogP contribution is 2.23. The minimum atomic E-state index is 0.0254. The van der Waals surface area contributed by atoms with Crippen molar-refractivity contribution in [3.8, 4) is 0 Å². The average molecular weight is 266 g/mol. The second-order valence-electron chi connectivity index (χ2n) is 6.49. The van der Waals surface area contributed by atoms with Crippen molar-refractivity contribution in [2.24, 2.45) is 5.92 Å². The monoisotopic (exact) mass is 266 g/mol. The molecule has 0 aromatic carbocycles. The van der Waals surface area contributed by atoms with E-state index in [2.05, 4.69) is 38.0 Å². The minimum absolute atomic E-state index is 0.0254. The molecule has 1 N–H and O–H groups in total. The molecular weight excluding hydrogens is 240 g/mol. The number of rotatable bonds is 4. The van der Waals surface area contributed by atoms with E-state index in [0.717, 1.165) is 37.7 Å². The number of nitrogens with zero attached hydrogens (tertiary/aromatic N) is 1. The summed E-state index contributed by atoms with van der Waals surface area (Å²) in [5.41, 5.74) is 0.0254. The van der Waals surface area contributed by atoms with Crippen molar-refractivity contribution in [2.45, 2.75) is 58.5 Å². The van der Waals surface area contributed by atoms with Crippen LogP contribution in [0.5, 0.6) is 0 Å². The predicted octanol–water partition coefficient (Wildman–Crippen LogP) is 2.88. The van der Waals surface area contributed by atoms with Crippen LogP contribution in [0.4, 0.5) is 0 Å². The van der Waals surface area contributed by atoms with Gasteiger partial charge in [-0.25, -0.2) is 4.98 Å². The van der Waals surface area contributed by atoms with E-state index in [4.69, 9.17) is 9.15 Å². The van der Waals surface area contributed by atoms with Gasteiger partial charge in [-0.15, -0.1) is 0 Å². The van der Waals surface area contributed by atoms with Crippen molar-refractivity contribution in [3.05, 3.63) is 17.8 Å². The first-order valence-corrected chi connectivity index (χ1v) is 7.23. The van der Waals surface area contributed by atoms with Crippen LogP contribution < -0.4 is 5.32 Å². The lowest BCUT2D eigenvalue weighted by Gasteiger charge is -2.28. The number of oxazole rings is 1. The molecule has 0 radical (unpaired) electrons. The van der Waals surface area contributed by atoms with E-state index in [9.17, 15) is 0 Å². The van der Waals surface area contributed by atoms with E-state index >= 15 is 0 Å². The van der Waals surface area contributed by atoms with Gasteiger partial charge in [0, 0.05) is 24.7 Å². The maximum atomic E-state index is 5.79. The van der Waals surface area contributed by atoms with E-state index < -0.39 is 0 Å². The van der Waals surface area contributed by atoms with E-state index in [1.165, 1.54) is 0 Å². The molecule has 2 rings (SSSR count). The molecule has 2 heterocycles. The van der Waals surface area contributed by atoms with Crippen LogP contribution in [0.2, 0.25) is 0 Å². The Hall–Kier alpha value is -0.870. The van der Waals surface area contributed by atoms with Crippen LogP contribution >= 0.6 is 0 Å². The van der Waals surface area contributed by atoms with E-state index in [-0.39, 0.29) is 5.41 Å². The van der Waals surface area contributed by atoms with E-state index in [0.29, 0.717) is 18.5 Å². The number of ether oxygens (including phenoxy) is 1. The summed E-state index contributed by atoms with van der Waals surface area (Å²) >= 11 is 0. The molecular formula is C15H26N2O2. The fourth-order valence-electron chi connectivity index (χ4n) is 2.37. The fraction of sp³-hybridized carbons (Fsp3) is 0.800. The molecule has 1 aromatic heterocycles. The fourth-order valence-corrected chi connectivity index (χ4v) is 2.37. The van der Waals surface area contributed by atoms with Gasteiger partial charge in [0.15, 0.2) is 0 Å². The zero-order chi connectivity index (χ0) is 13.9. The smallest absolute Gasteiger partial charge is 0.208 e. The minimum Gasteiger partial charge on any atom is -0.444 e. The molecule has 4 nitrogen and oxygen atoms in total. The maximum Gasteiger partial charge on any atom is 0.208 e. The highest BCUT2D eigenvalue weighted by atomic mass is 16.5. The third-order valence-corrected chi connectivity index (χ3v) is 3.84. The Morgan fingerprint density at radius 2 is 2.05 bits per heavy atom. The molecule has 0 amide bonds. The van der Waals surface area contributed by atoms with Crippen LogP contribution in [0.25, 0.3) is 0 Å². The zero-order valence-corrected chi connectivity index (χ0v) is 12.5. The summed E-state index contributed by atoms with van der Waals surface area (Å²) in [7, 11) is 0. The molecule has 4 heteroatoms. The molecule has 0 spiro atoms. The van der Waals surface area contributed by atoms with Crippen molar-refractivity contribution < 1.29 is 9.15 Å². The largest absolute Gasteiger partial charge is 0.444 e. The lowest BCUT2D eigenvalue weighted by atomic mass is 9.93. The van der Waals surface area contributed by atoms with Crippen molar-refractivity contribution in [1.82, 2.24) is 10.3 Å². The molecule has 108 valence electrons. The lowest BCUT2D eigenvalue weighted by Crippen LogP contribution is -2.36. The summed E-state index contributed by atoms with van der Waals surface area (Å²) in [6.45, 7) is 11.1. The molecule has 1 aromatic rings. The first-order chi connectivity index (χ1) is 8.97. The van der Waals surface area contributed by atoms with Crippen LogP contribution in [0.3, 0.4) is 0 Å². The summed E-state index contributed by atoms with van der Waals surface area (Å²) in [4.78, 5) is 4.35. The summed E-state index contributed by atoms with van der Waals surface area (Å²) in [6, 6.07) is 0.480. The van der Waals surface area contributed by atoms with Gasteiger partial charge in [0.25, 0.3) is 0 Å². The molecule has 1 aliphatic rings. The Morgan fingerprint density at radius 1 is 1.37 bits per heavy atom. The number of nitrogens with one attached hydrogen (secondary N) is 1. The van der Waals surface area contributed by atoms with Crippen LogP contribution in [0.1, 0.15) is 52.2 Å². The van der Waals surface area contributed by atoms with Gasteiger partial charge in [-0.05, 0) is 25.7 Å². The van der Waals surface area contributed by atoms with Gasteiger partial charge >= 0.3 is 0 Å². The molecule has 1 saturated heterocycles. The molecule has 0 saturated carbocycles. The van der Waals surface area contributed by atoms with Crippen LogP contribution in [0.15, 0.2) is 10.6 Å². The normalized spacial score (nSPS) is 19.6. The Balaban J connectivity index is 1.83. The summed E-state index contributed by atoms with van der Waals surface area (Å²) < 4.78 is 11.2. The summed E-state index contributed by atoms with van der Waals surface area (Å²) in [5, 5.41) is 3.52. The first kappa shape index (κ1) is 14.5. The summed E-state index contributed by atoms with van der Waals surface area (Å²) in [6.07, 6.45) is 4.14. The lowest BCUT2D eigenvalue weighted by molar-refractivity contribution is 0.0555. The molecule has 1 fully saturated rings. The molecule has 0 aliphatic carbocycles. The second kappa shape index (κ2) is 6.06. The molecule has 1 aliphatic heterocycles. The second-order valence-corrected chi connectivity index (χ2v) is 6.49. The predicted molar refractivity (Wildman–Crippen MR) is 75.0 cm³/mol. The quantitative estimate of drug-likeness (QED) is 0.910. The zero-order valence-electron chi connectivity index (χ0n) is 12.5. The van der Waals surface area contributed by atoms with Gasteiger partial charge < -0.3 is 14.5 Å². The molecule has 19 heavy (non-hydrogen) atoms. The van der Waals surface area contributed by atoms with Crippen molar-refractivity contribution >= 4 is 0 Å². The van der Waals surface area contributed by atoms with Gasteiger partial charge in [0.05, 0.1) is 12.7 Å². The standard InChI is InChI=1S/C15H26N2O2/c1-11(12-5-7-18-8-6-12)16-10-14-17-9-13(19-14)15(2,3)4/h9,11-12,16H,5-8,10H2,1-4H3. The number of hydrogen-bond acceptors (Lipinski definition) is 4. The van der Waals surface area contributed by atoms with Crippen LogP contribution in [-0.2, 0) is 16.7 Å². The van der Waals surface area contributed by atoms with Crippen molar-refractivity contribution in [3.63, 3.8) is 0 Å². The Labute approximate surface area is 115 Å². The van der Waals surface area contributed by atoms with Gasteiger partial charge in [-0.3, -0.25) is 0 Å². The number of aromatic nitrogens is 1. The summed E-state index contributed by atoms with van der Waals surface area (Å²) in [5.74, 6) is 2.43. The van der Waals surface area contributed by atoms with Crippen molar-refractivity contribution in [1.29, 1.82) is 0 Å². The average Bonchev–Trinajstić information content (AvgIpc) is 2.86. The Kier molecular flexibility index (Phi) is 4.63. The van der Waals surface area contributed by atoms with E-state index in [1.807, 2.05) is 6.20 Å². The topological polar surface area (TPSA) is 47.3 Å². The molecule has 0 bridgehead atoms. The van der Waals surface area contributed by atoms with Crippen LogP contribution in [0, 0.1) is 5.92 Å². The van der Waals surface area contributed by atoms with E-state index in [1.54, 1.807) is 0 Å². The Morgan fingerprint density at radius 3 is 2.63 bits per heavy atom. The van der Waals surface area contributed by atoms with Gasteiger partial charge in [-0.1, -0.05) is 20.8 Å². The van der Waals surface area contributed by atoms with Gasteiger partial charge in [0.1, 0.15) is 5.76 Å². The first-order valence-electron chi connectivity index (χ1n) is 7.23. The van der Waals surface area contributed by atoms with Gasteiger partial charge in [-0.2, -0.15) is 0 Å². The van der Waals surface area contributed by atoms with Crippen LogP contribution in [-0.4, -0.2) is 24.2 Å². The SMILES string of the molecule is CC(NCc1ncc(C(C)(C)C)o1)C1CCOCC1. The van der Waals surface area contributed by atoms with Gasteiger partial charge in [0.2, 0.25) is 5.89 Å². The molecule has 1 unspecified atom stereocenters. The number of hydrogen-bond donors (Lipinski definition) is 1. The van der Waals surface area contributed by atoms with Crippen molar-refractivity contribution in [2.75, 3.05) is 13.2 Å². The highest BCUT2D eigenvalue weighted by Gasteiger charge is 2.22. The maximum absolute atomic E-state index is 5.79. The highest BCUT2D eigenvalue weighted by molar-refractivity contribution is 5.05. The Bertz CT molecular complexity index is 389. The third-order valence-electron chi connectivity index (χ3n) is 3.84. The molecule has 1 atom stereocenters.